The smallest absolute Gasteiger partial charge is 0.141 e. The van der Waals surface area contributed by atoms with E-state index in [1.165, 1.54) is 6.42 Å². The molecule has 0 radical (unpaired) electrons. The van der Waals surface area contributed by atoms with Crippen LogP contribution in [0.2, 0.25) is 0 Å². The zero-order chi connectivity index (χ0) is 15.0. The van der Waals surface area contributed by atoms with Crippen molar-refractivity contribution >= 4 is 15.9 Å². The summed E-state index contributed by atoms with van der Waals surface area (Å²) in [4.78, 5) is 0. The van der Waals surface area contributed by atoms with Gasteiger partial charge in [-0.15, -0.1) is 0 Å². The quantitative estimate of drug-likeness (QED) is 0.626. The fourth-order valence-corrected chi connectivity index (χ4v) is 4.32. The molecule has 2 saturated heterocycles. The van der Waals surface area contributed by atoms with Gasteiger partial charge in [0.05, 0.1) is 32.5 Å². The van der Waals surface area contributed by atoms with Crippen molar-refractivity contribution in [2.45, 2.75) is 37.5 Å². The molecular weight excluding hydrogens is 336 g/mol. The number of halogens is 1. The predicted molar refractivity (Wildman–Crippen MR) is 83.3 cm³/mol. The average molecular weight is 357 g/mol. The van der Waals surface area contributed by atoms with Crippen LogP contribution in [-0.2, 0) is 4.74 Å². The summed E-state index contributed by atoms with van der Waals surface area (Å²) in [5, 5.41) is 0. The highest BCUT2D eigenvalue weighted by molar-refractivity contribution is 9.10. The van der Waals surface area contributed by atoms with Crippen LogP contribution in [0.1, 0.15) is 30.9 Å². The van der Waals surface area contributed by atoms with E-state index in [9.17, 15) is 0 Å². The summed E-state index contributed by atoms with van der Waals surface area (Å²) in [6.45, 7) is 0. The first kappa shape index (κ1) is 15.1. The Morgan fingerprint density at radius 2 is 2.14 bits per heavy atom. The SMILES string of the molecule is COc1ccc(C(NN)C2CC3CCC2O3)c(OC)c1Br. The fraction of sp³-hybridized carbons (Fsp3) is 0.600. The van der Waals surface area contributed by atoms with Gasteiger partial charge in [0.1, 0.15) is 16.0 Å². The van der Waals surface area contributed by atoms with Gasteiger partial charge < -0.3 is 14.2 Å². The number of methoxy groups -OCH3 is 2. The Bertz CT molecular complexity index is 526. The molecule has 3 rings (SSSR count). The van der Waals surface area contributed by atoms with E-state index in [0.29, 0.717) is 18.1 Å². The average Bonchev–Trinajstić information content (AvgIpc) is 3.11. The van der Waals surface area contributed by atoms with Crippen LogP contribution in [0.15, 0.2) is 16.6 Å². The van der Waals surface area contributed by atoms with E-state index in [1.807, 2.05) is 12.1 Å². The molecule has 0 saturated carbocycles. The van der Waals surface area contributed by atoms with E-state index >= 15 is 0 Å². The van der Waals surface area contributed by atoms with Gasteiger partial charge in [-0.1, -0.05) is 0 Å². The molecule has 1 aromatic rings. The Kier molecular flexibility index (Phi) is 4.40. The van der Waals surface area contributed by atoms with Crippen molar-refractivity contribution in [3.8, 4) is 11.5 Å². The molecule has 4 unspecified atom stereocenters. The predicted octanol–water partition coefficient (Wildman–Crippen LogP) is 2.54. The van der Waals surface area contributed by atoms with Gasteiger partial charge in [-0.2, -0.15) is 0 Å². The summed E-state index contributed by atoms with van der Waals surface area (Å²) in [6, 6.07) is 3.96. The first-order chi connectivity index (χ1) is 10.2. The molecular formula is C15H21BrN2O3. The number of hydrogen-bond donors (Lipinski definition) is 2. The molecule has 2 aliphatic rings. The van der Waals surface area contributed by atoms with Crippen LogP contribution < -0.4 is 20.7 Å². The molecule has 0 spiro atoms. The Labute approximate surface area is 133 Å². The molecule has 2 fully saturated rings. The van der Waals surface area contributed by atoms with Crippen LogP contribution in [-0.4, -0.2) is 26.4 Å². The van der Waals surface area contributed by atoms with Crippen LogP contribution >= 0.6 is 15.9 Å². The number of hydrogen-bond acceptors (Lipinski definition) is 5. The first-order valence-corrected chi connectivity index (χ1v) is 8.00. The molecule has 116 valence electrons. The third kappa shape index (κ3) is 2.54. The van der Waals surface area contributed by atoms with Gasteiger partial charge in [0, 0.05) is 11.5 Å². The van der Waals surface area contributed by atoms with E-state index in [2.05, 4.69) is 21.4 Å². The van der Waals surface area contributed by atoms with Gasteiger partial charge >= 0.3 is 0 Å². The van der Waals surface area contributed by atoms with Crippen LogP contribution in [0.5, 0.6) is 11.5 Å². The Morgan fingerprint density at radius 3 is 2.67 bits per heavy atom. The van der Waals surface area contributed by atoms with Crippen LogP contribution in [0.3, 0.4) is 0 Å². The third-order valence-electron chi connectivity index (χ3n) is 4.61. The lowest BCUT2D eigenvalue weighted by Gasteiger charge is -2.29. The van der Waals surface area contributed by atoms with Crippen molar-refractivity contribution in [2.75, 3.05) is 14.2 Å². The lowest BCUT2D eigenvalue weighted by atomic mass is 9.81. The minimum atomic E-state index is 0.0115. The summed E-state index contributed by atoms with van der Waals surface area (Å²) in [6.07, 6.45) is 4.02. The maximum absolute atomic E-state index is 5.97. The number of fused-ring (bicyclic) bond motifs is 2. The van der Waals surface area contributed by atoms with Crippen LogP contribution in [0, 0.1) is 5.92 Å². The maximum atomic E-state index is 5.97. The molecule has 5 nitrogen and oxygen atoms in total. The zero-order valence-corrected chi connectivity index (χ0v) is 13.9. The summed E-state index contributed by atoms with van der Waals surface area (Å²) < 4.78 is 17.7. The minimum Gasteiger partial charge on any atom is -0.495 e. The van der Waals surface area contributed by atoms with Crippen molar-refractivity contribution in [3.05, 3.63) is 22.2 Å². The van der Waals surface area contributed by atoms with Gasteiger partial charge in [-0.25, -0.2) is 0 Å². The number of rotatable bonds is 5. The monoisotopic (exact) mass is 356 g/mol. The molecule has 4 atom stereocenters. The van der Waals surface area contributed by atoms with E-state index < -0.39 is 0 Å². The van der Waals surface area contributed by atoms with Gasteiger partial charge in [0.15, 0.2) is 0 Å². The first-order valence-electron chi connectivity index (χ1n) is 7.21. The third-order valence-corrected chi connectivity index (χ3v) is 5.36. The van der Waals surface area contributed by atoms with Crippen molar-refractivity contribution in [1.29, 1.82) is 0 Å². The Morgan fingerprint density at radius 1 is 1.33 bits per heavy atom. The van der Waals surface area contributed by atoms with Crippen LogP contribution in [0.25, 0.3) is 0 Å². The summed E-state index contributed by atoms with van der Waals surface area (Å²) >= 11 is 3.55. The molecule has 21 heavy (non-hydrogen) atoms. The Hall–Kier alpha value is -0.820. The molecule has 1 aromatic carbocycles. The lowest BCUT2D eigenvalue weighted by molar-refractivity contribution is 0.0854. The number of benzene rings is 1. The van der Waals surface area contributed by atoms with Gasteiger partial charge in [-0.05, 0) is 47.3 Å². The fourth-order valence-electron chi connectivity index (χ4n) is 3.63. The minimum absolute atomic E-state index is 0.0115. The molecule has 0 aromatic heterocycles. The van der Waals surface area contributed by atoms with E-state index in [1.54, 1.807) is 14.2 Å². The maximum Gasteiger partial charge on any atom is 0.141 e. The number of hydrazine groups is 1. The molecule has 6 heteroatoms. The number of nitrogens with one attached hydrogen (secondary N) is 1. The zero-order valence-electron chi connectivity index (χ0n) is 12.3. The summed E-state index contributed by atoms with van der Waals surface area (Å²) in [7, 11) is 3.30. The van der Waals surface area contributed by atoms with Gasteiger partial charge in [-0.3, -0.25) is 11.3 Å². The van der Waals surface area contributed by atoms with Gasteiger partial charge in [0.2, 0.25) is 0 Å². The molecule has 2 aliphatic heterocycles. The summed E-state index contributed by atoms with van der Waals surface area (Å²) in [5.74, 6) is 7.74. The lowest BCUT2D eigenvalue weighted by Crippen LogP contribution is -2.37. The second-order valence-electron chi connectivity index (χ2n) is 5.62. The highest BCUT2D eigenvalue weighted by Gasteiger charge is 2.45. The molecule has 2 bridgehead atoms. The molecule has 3 N–H and O–H groups in total. The molecule has 0 aliphatic carbocycles. The highest BCUT2D eigenvalue weighted by Crippen LogP contribution is 2.48. The second kappa shape index (κ2) is 6.12. The standard InChI is InChI=1S/C15H21BrN2O3/c1-19-12-6-4-9(15(20-2)13(12)16)14(18-17)10-7-8-3-5-11(10)21-8/h4,6,8,10-11,14,18H,3,5,7,17H2,1-2H3. The number of ether oxygens (including phenoxy) is 3. The number of nitrogens with two attached hydrogens (primary N) is 1. The Balaban J connectivity index is 1.95. The normalized spacial score (nSPS) is 28.7. The molecule has 2 heterocycles. The highest BCUT2D eigenvalue weighted by atomic mass is 79.9. The van der Waals surface area contributed by atoms with Crippen LogP contribution in [0.4, 0.5) is 0 Å². The topological polar surface area (TPSA) is 65.7 Å². The van der Waals surface area contributed by atoms with E-state index in [0.717, 1.165) is 34.4 Å². The summed E-state index contributed by atoms with van der Waals surface area (Å²) in [5.41, 5.74) is 4.00. The van der Waals surface area contributed by atoms with Crippen molar-refractivity contribution in [3.63, 3.8) is 0 Å². The van der Waals surface area contributed by atoms with Gasteiger partial charge in [0.25, 0.3) is 0 Å². The largest absolute Gasteiger partial charge is 0.495 e. The van der Waals surface area contributed by atoms with Crippen molar-refractivity contribution in [1.82, 2.24) is 5.43 Å². The van der Waals surface area contributed by atoms with Crippen molar-refractivity contribution < 1.29 is 14.2 Å². The van der Waals surface area contributed by atoms with Crippen molar-refractivity contribution in [2.24, 2.45) is 11.8 Å². The van der Waals surface area contributed by atoms with E-state index in [4.69, 9.17) is 20.1 Å². The van der Waals surface area contributed by atoms with E-state index in [-0.39, 0.29) is 6.04 Å². The molecule has 0 amide bonds. The second-order valence-corrected chi connectivity index (χ2v) is 6.42.